The van der Waals surface area contributed by atoms with E-state index in [1.54, 1.807) is 37.4 Å². The fourth-order valence-electron chi connectivity index (χ4n) is 2.40. The van der Waals surface area contributed by atoms with Crippen LogP contribution in [0.5, 0.6) is 0 Å². The molecular weight excluding hydrogens is 351 g/mol. The first-order valence-electron chi connectivity index (χ1n) is 8.23. The molecule has 7 nitrogen and oxygen atoms in total. The van der Waals surface area contributed by atoms with Gasteiger partial charge >= 0.3 is 0 Å². The van der Waals surface area contributed by atoms with Crippen molar-refractivity contribution in [1.29, 1.82) is 0 Å². The molecule has 0 heterocycles. The molecule has 0 aliphatic rings. The van der Waals surface area contributed by atoms with E-state index in [4.69, 9.17) is 0 Å². The van der Waals surface area contributed by atoms with Crippen LogP contribution in [0, 0.1) is 5.82 Å². The van der Waals surface area contributed by atoms with E-state index in [0.717, 1.165) is 0 Å². The van der Waals surface area contributed by atoms with Crippen LogP contribution < -0.4 is 16.0 Å². The van der Waals surface area contributed by atoms with Gasteiger partial charge < -0.3 is 16.0 Å². The smallest absolute Gasteiger partial charge is 0.251 e. The van der Waals surface area contributed by atoms with E-state index in [0.29, 0.717) is 16.9 Å². The Balaban J connectivity index is 1.84. The first kappa shape index (κ1) is 20.1. The van der Waals surface area contributed by atoms with Crippen molar-refractivity contribution in [3.05, 3.63) is 59.9 Å². The second-order valence-corrected chi connectivity index (χ2v) is 5.94. The first-order chi connectivity index (χ1) is 12.9. The average molecular weight is 372 g/mol. The van der Waals surface area contributed by atoms with Crippen LogP contribution >= 0.6 is 0 Å². The number of benzene rings is 2. The van der Waals surface area contributed by atoms with Gasteiger partial charge in [0, 0.05) is 24.0 Å². The van der Waals surface area contributed by atoms with Crippen molar-refractivity contribution in [2.45, 2.75) is 0 Å². The van der Waals surface area contributed by atoms with Crippen LogP contribution in [0.4, 0.5) is 15.8 Å². The topological polar surface area (TPSA) is 90.5 Å². The zero-order valence-electron chi connectivity index (χ0n) is 15.1. The maximum atomic E-state index is 13.1. The lowest BCUT2D eigenvalue weighted by Crippen LogP contribution is -2.36. The quantitative estimate of drug-likeness (QED) is 0.690. The number of carbonyl (C=O) groups excluding carboxylic acids is 3. The van der Waals surface area contributed by atoms with Gasteiger partial charge in [0.25, 0.3) is 5.91 Å². The number of hydrogen-bond donors (Lipinski definition) is 3. The molecule has 0 radical (unpaired) electrons. The maximum absolute atomic E-state index is 13.1. The molecule has 2 aromatic rings. The number of amides is 3. The molecule has 0 spiro atoms. The highest BCUT2D eigenvalue weighted by atomic mass is 19.1. The molecule has 0 fully saturated rings. The molecule has 2 aromatic carbocycles. The predicted molar refractivity (Wildman–Crippen MR) is 101 cm³/mol. The summed E-state index contributed by atoms with van der Waals surface area (Å²) in [6, 6.07) is 12.1. The van der Waals surface area contributed by atoms with E-state index in [1.807, 2.05) is 0 Å². The highest BCUT2D eigenvalue weighted by molar-refractivity contribution is 5.98. The normalized spacial score (nSPS) is 10.4. The standard InChI is InChI=1S/C19H21FN4O3/c1-21-19(27)13-5-3-7-15(9-13)22-17(25)11-24(2)12-18(26)23-16-8-4-6-14(20)10-16/h3-10H,11-12H2,1-2H3,(H,21,27)(H,22,25)(H,23,26). The number of rotatable bonds is 7. The van der Waals surface area contributed by atoms with Gasteiger partial charge in [0.1, 0.15) is 5.82 Å². The molecule has 2 rings (SSSR count). The van der Waals surface area contributed by atoms with Gasteiger partial charge in [0.05, 0.1) is 13.1 Å². The number of hydrogen-bond acceptors (Lipinski definition) is 4. The van der Waals surface area contributed by atoms with Crippen LogP contribution in [0.25, 0.3) is 0 Å². The van der Waals surface area contributed by atoms with Gasteiger partial charge in [-0.05, 0) is 43.4 Å². The fraction of sp³-hybridized carbons (Fsp3) is 0.211. The zero-order valence-corrected chi connectivity index (χ0v) is 15.1. The summed E-state index contributed by atoms with van der Waals surface area (Å²) in [6.45, 7) is -0.0665. The summed E-state index contributed by atoms with van der Waals surface area (Å²) in [5.74, 6) is -1.39. The molecular formula is C19H21FN4O3. The molecule has 0 aliphatic carbocycles. The lowest BCUT2D eigenvalue weighted by molar-refractivity contribution is -0.119. The Morgan fingerprint density at radius 1 is 0.926 bits per heavy atom. The Kier molecular flexibility index (Phi) is 7.01. The van der Waals surface area contributed by atoms with Gasteiger partial charge in [-0.25, -0.2) is 4.39 Å². The van der Waals surface area contributed by atoms with E-state index >= 15 is 0 Å². The molecule has 142 valence electrons. The van der Waals surface area contributed by atoms with Gasteiger partial charge in [-0.3, -0.25) is 19.3 Å². The van der Waals surface area contributed by atoms with E-state index in [2.05, 4.69) is 16.0 Å². The van der Waals surface area contributed by atoms with Crippen molar-refractivity contribution < 1.29 is 18.8 Å². The second kappa shape index (κ2) is 9.44. The van der Waals surface area contributed by atoms with Crippen molar-refractivity contribution in [2.75, 3.05) is 37.8 Å². The zero-order chi connectivity index (χ0) is 19.8. The maximum Gasteiger partial charge on any atom is 0.251 e. The molecule has 0 aliphatic heterocycles. The molecule has 0 atom stereocenters. The van der Waals surface area contributed by atoms with Crippen LogP contribution in [0.2, 0.25) is 0 Å². The van der Waals surface area contributed by atoms with Crippen molar-refractivity contribution >= 4 is 29.1 Å². The lowest BCUT2D eigenvalue weighted by atomic mass is 10.2. The van der Waals surface area contributed by atoms with Gasteiger partial charge in [-0.2, -0.15) is 0 Å². The third-order valence-electron chi connectivity index (χ3n) is 3.57. The molecule has 0 saturated heterocycles. The molecule has 0 aromatic heterocycles. The van der Waals surface area contributed by atoms with Gasteiger partial charge in [-0.1, -0.05) is 12.1 Å². The second-order valence-electron chi connectivity index (χ2n) is 5.94. The lowest BCUT2D eigenvalue weighted by Gasteiger charge is -2.16. The summed E-state index contributed by atoms with van der Waals surface area (Å²) in [5, 5.41) is 7.76. The number of anilines is 2. The van der Waals surface area contributed by atoms with Crippen LogP contribution in [0.1, 0.15) is 10.4 Å². The summed E-state index contributed by atoms with van der Waals surface area (Å²) in [5.41, 5.74) is 1.26. The molecule has 3 amide bonds. The van der Waals surface area contributed by atoms with Crippen molar-refractivity contribution in [1.82, 2.24) is 10.2 Å². The Labute approximate surface area is 156 Å². The summed E-state index contributed by atoms with van der Waals surface area (Å²) < 4.78 is 13.1. The highest BCUT2D eigenvalue weighted by Crippen LogP contribution is 2.11. The first-order valence-corrected chi connectivity index (χ1v) is 8.23. The summed E-state index contributed by atoms with van der Waals surface area (Å²) in [4.78, 5) is 37.2. The van der Waals surface area contributed by atoms with Gasteiger partial charge in [0.2, 0.25) is 11.8 Å². The van der Waals surface area contributed by atoms with Crippen LogP contribution in [-0.2, 0) is 9.59 Å². The number of nitrogens with one attached hydrogen (secondary N) is 3. The summed E-state index contributed by atoms with van der Waals surface area (Å²) >= 11 is 0. The highest BCUT2D eigenvalue weighted by Gasteiger charge is 2.12. The molecule has 3 N–H and O–H groups in total. The van der Waals surface area contributed by atoms with Crippen molar-refractivity contribution in [3.8, 4) is 0 Å². The van der Waals surface area contributed by atoms with E-state index < -0.39 is 5.82 Å². The number of carbonyl (C=O) groups is 3. The molecule has 0 saturated carbocycles. The minimum Gasteiger partial charge on any atom is -0.355 e. The molecule has 0 unspecified atom stereocenters. The summed E-state index contributed by atoms with van der Waals surface area (Å²) in [6.07, 6.45) is 0. The van der Waals surface area contributed by atoms with E-state index in [9.17, 15) is 18.8 Å². The predicted octanol–water partition coefficient (Wildman–Crippen LogP) is 1.69. The monoisotopic (exact) mass is 372 g/mol. The Hall–Kier alpha value is -3.26. The number of likely N-dealkylation sites (N-methyl/N-ethyl adjacent to an activating group) is 1. The molecule has 0 bridgehead atoms. The third kappa shape index (κ3) is 6.52. The van der Waals surface area contributed by atoms with Crippen LogP contribution in [0.3, 0.4) is 0 Å². The molecule has 8 heteroatoms. The third-order valence-corrected chi connectivity index (χ3v) is 3.57. The summed E-state index contributed by atoms with van der Waals surface area (Å²) in [7, 11) is 3.14. The van der Waals surface area contributed by atoms with Gasteiger partial charge in [0.15, 0.2) is 0 Å². The Morgan fingerprint density at radius 3 is 2.04 bits per heavy atom. The van der Waals surface area contributed by atoms with Crippen molar-refractivity contribution in [3.63, 3.8) is 0 Å². The van der Waals surface area contributed by atoms with Gasteiger partial charge in [-0.15, -0.1) is 0 Å². The Morgan fingerprint density at radius 2 is 1.48 bits per heavy atom. The minimum absolute atomic E-state index is 0.0270. The minimum atomic E-state index is -0.445. The average Bonchev–Trinajstić information content (AvgIpc) is 2.60. The van der Waals surface area contributed by atoms with E-state index in [1.165, 1.54) is 30.1 Å². The number of halogens is 1. The van der Waals surface area contributed by atoms with Crippen molar-refractivity contribution in [2.24, 2.45) is 0 Å². The molecule has 27 heavy (non-hydrogen) atoms. The Bertz CT molecular complexity index is 841. The van der Waals surface area contributed by atoms with Crippen LogP contribution in [0.15, 0.2) is 48.5 Å². The SMILES string of the molecule is CNC(=O)c1cccc(NC(=O)CN(C)CC(=O)Nc2cccc(F)c2)c1. The van der Waals surface area contributed by atoms with Crippen LogP contribution in [-0.4, -0.2) is 49.8 Å². The largest absolute Gasteiger partial charge is 0.355 e. The fourth-order valence-corrected chi connectivity index (χ4v) is 2.40. The number of nitrogens with zero attached hydrogens (tertiary/aromatic N) is 1. The van der Waals surface area contributed by atoms with E-state index in [-0.39, 0.29) is 30.8 Å².